The number of pyridine rings is 2. The average molecular weight is 521 g/mol. The lowest BCUT2D eigenvalue weighted by Crippen LogP contribution is -2.13. The molecule has 2 aliphatic carbocycles. The van der Waals surface area contributed by atoms with Gasteiger partial charge in [-0.2, -0.15) is 5.10 Å². The lowest BCUT2D eigenvalue weighted by Gasteiger charge is -2.10. The Balaban J connectivity index is 1.37. The summed E-state index contributed by atoms with van der Waals surface area (Å²) in [5.41, 5.74) is 21.1. The van der Waals surface area contributed by atoms with E-state index in [1.54, 1.807) is 17.8 Å². The third-order valence-corrected chi connectivity index (χ3v) is 7.37. The predicted octanol–water partition coefficient (Wildman–Crippen LogP) is 4.37. The fourth-order valence-corrected chi connectivity index (χ4v) is 5.08. The Bertz CT molecular complexity index is 1650. The fraction of sp³-hybridized carbons (Fsp3) is 0.345. The number of nitrogen functional groups attached to an aromatic ring is 1. The maximum atomic E-state index is 6.58. The molecule has 0 radical (unpaired) electrons. The summed E-state index contributed by atoms with van der Waals surface area (Å²) in [7, 11) is 1.78. The second-order valence-electron chi connectivity index (χ2n) is 10.4. The predicted molar refractivity (Wildman–Crippen MR) is 155 cm³/mol. The van der Waals surface area contributed by atoms with Crippen LogP contribution in [0.1, 0.15) is 53.9 Å². The van der Waals surface area contributed by atoms with Gasteiger partial charge in [-0.05, 0) is 82.1 Å². The molecular formula is C29H32N10. The van der Waals surface area contributed by atoms with Crippen LogP contribution in [0.15, 0.2) is 51.8 Å². The molecule has 10 heteroatoms. The molecule has 2 fully saturated rings. The standard InChI is InChI=1S/C29H32N10/c1-15-23(11-21(13-33-15)28(32-4)38-26(18-5-6-18)19-7-8-19)37-27(30)22-14-34-39-10-9-20(12-24(22)39)25-16(2)35-29(31)36-17(25)3/h9-14,18-19H,5-8H2,1-4H3,(H2,30,37)(H2,31,35,36). The zero-order valence-corrected chi connectivity index (χ0v) is 22.7. The molecule has 0 bridgehead atoms. The lowest BCUT2D eigenvalue weighted by atomic mass is 10.0. The largest absolute Gasteiger partial charge is 0.383 e. The van der Waals surface area contributed by atoms with Gasteiger partial charge < -0.3 is 11.5 Å². The quantitative estimate of drug-likeness (QED) is 0.285. The number of aliphatic imine (C=N–C) groups is 3. The summed E-state index contributed by atoms with van der Waals surface area (Å²) in [4.78, 5) is 27.6. The number of nitrogens with two attached hydrogens (primary N) is 2. The molecule has 0 unspecified atom stereocenters. The van der Waals surface area contributed by atoms with Crippen LogP contribution in [0.5, 0.6) is 0 Å². The summed E-state index contributed by atoms with van der Waals surface area (Å²) in [6.07, 6.45) is 10.4. The van der Waals surface area contributed by atoms with Crippen molar-refractivity contribution in [1.82, 2.24) is 24.6 Å². The molecule has 0 spiro atoms. The van der Waals surface area contributed by atoms with Crippen molar-refractivity contribution in [2.45, 2.75) is 46.5 Å². The summed E-state index contributed by atoms with van der Waals surface area (Å²) in [6, 6.07) is 5.97. The number of hydrogen-bond donors (Lipinski definition) is 2. The molecule has 0 atom stereocenters. The topological polar surface area (TPSA) is 145 Å². The van der Waals surface area contributed by atoms with E-state index in [9.17, 15) is 0 Å². The van der Waals surface area contributed by atoms with Crippen molar-refractivity contribution in [2.24, 2.45) is 32.5 Å². The van der Waals surface area contributed by atoms with Crippen molar-refractivity contribution < 1.29 is 0 Å². The molecule has 39 heavy (non-hydrogen) atoms. The van der Waals surface area contributed by atoms with Gasteiger partial charge in [0.2, 0.25) is 5.95 Å². The van der Waals surface area contributed by atoms with Crippen LogP contribution in [-0.2, 0) is 0 Å². The van der Waals surface area contributed by atoms with Crippen LogP contribution < -0.4 is 11.5 Å². The smallest absolute Gasteiger partial charge is 0.220 e. The fourth-order valence-electron chi connectivity index (χ4n) is 5.08. The van der Waals surface area contributed by atoms with Crippen molar-refractivity contribution >= 4 is 34.5 Å². The normalized spacial score (nSPS) is 16.1. The number of amidine groups is 2. The first kappa shape index (κ1) is 24.8. The highest BCUT2D eigenvalue weighted by Gasteiger charge is 2.38. The number of aryl methyl sites for hydroxylation is 3. The Morgan fingerprint density at radius 1 is 0.974 bits per heavy atom. The SMILES string of the molecule is CN=C(N=C(C1CC1)C1CC1)c1cnc(C)c(N=C(N)c2cnn3ccc(-c4c(C)nc(N)nc4C)cc23)c1. The van der Waals surface area contributed by atoms with E-state index in [0.717, 1.165) is 44.9 Å². The Morgan fingerprint density at radius 3 is 2.31 bits per heavy atom. The molecule has 0 aromatic carbocycles. The zero-order chi connectivity index (χ0) is 27.3. The molecule has 0 saturated heterocycles. The number of anilines is 1. The molecule has 4 aromatic heterocycles. The molecule has 6 rings (SSSR count). The highest BCUT2D eigenvalue weighted by molar-refractivity contribution is 6.10. The maximum Gasteiger partial charge on any atom is 0.220 e. The number of fused-ring (bicyclic) bond motifs is 1. The molecule has 10 nitrogen and oxygen atoms in total. The van der Waals surface area contributed by atoms with Gasteiger partial charge in [-0.3, -0.25) is 9.98 Å². The van der Waals surface area contributed by atoms with Crippen molar-refractivity contribution in [3.8, 4) is 11.1 Å². The van der Waals surface area contributed by atoms with Gasteiger partial charge in [0.25, 0.3) is 0 Å². The minimum absolute atomic E-state index is 0.265. The van der Waals surface area contributed by atoms with E-state index in [2.05, 4.69) is 25.0 Å². The van der Waals surface area contributed by atoms with Crippen LogP contribution in [0, 0.1) is 32.6 Å². The third-order valence-electron chi connectivity index (χ3n) is 7.37. The molecule has 4 N–H and O–H groups in total. The third kappa shape index (κ3) is 4.89. The van der Waals surface area contributed by atoms with Gasteiger partial charge in [-0.25, -0.2) is 24.5 Å². The monoisotopic (exact) mass is 520 g/mol. The Kier molecular flexibility index (Phi) is 6.17. The highest BCUT2D eigenvalue weighted by Crippen LogP contribution is 2.42. The first-order chi connectivity index (χ1) is 18.8. The lowest BCUT2D eigenvalue weighted by molar-refractivity contribution is 0.961. The molecule has 0 aliphatic heterocycles. The summed E-state index contributed by atoms with van der Waals surface area (Å²) < 4.78 is 1.78. The van der Waals surface area contributed by atoms with E-state index in [4.69, 9.17) is 21.5 Å². The van der Waals surface area contributed by atoms with Crippen LogP contribution >= 0.6 is 0 Å². The van der Waals surface area contributed by atoms with E-state index in [-0.39, 0.29) is 5.95 Å². The van der Waals surface area contributed by atoms with Gasteiger partial charge in [0.1, 0.15) is 5.84 Å². The van der Waals surface area contributed by atoms with Crippen LogP contribution in [0.3, 0.4) is 0 Å². The van der Waals surface area contributed by atoms with E-state index in [1.165, 1.54) is 31.4 Å². The second kappa shape index (κ2) is 9.68. The van der Waals surface area contributed by atoms with Crippen molar-refractivity contribution in [2.75, 3.05) is 12.8 Å². The molecular weight excluding hydrogens is 488 g/mol. The van der Waals surface area contributed by atoms with E-state index in [1.807, 2.05) is 51.4 Å². The highest BCUT2D eigenvalue weighted by atomic mass is 15.2. The minimum Gasteiger partial charge on any atom is -0.383 e. The van der Waals surface area contributed by atoms with Crippen LogP contribution in [0.4, 0.5) is 11.6 Å². The molecule has 0 amide bonds. The van der Waals surface area contributed by atoms with Crippen molar-refractivity contribution in [3.63, 3.8) is 0 Å². The van der Waals surface area contributed by atoms with Gasteiger partial charge in [-0.1, -0.05) is 0 Å². The average Bonchev–Trinajstić information content (AvgIpc) is 3.84. The van der Waals surface area contributed by atoms with Crippen LogP contribution in [0.25, 0.3) is 16.6 Å². The van der Waals surface area contributed by atoms with Crippen LogP contribution in [0.2, 0.25) is 0 Å². The van der Waals surface area contributed by atoms with Gasteiger partial charge >= 0.3 is 0 Å². The second-order valence-corrected chi connectivity index (χ2v) is 10.4. The summed E-state index contributed by atoms with van der Waals surface area (Å²) in [5, 5.41) is 4.49. The number of aromatic nitrogens is 5. The van der Waals surface area contributed by atoms with Gasteiger partial charge in [0.15, 0.2) is 5.84 Å². The molecule has 198 valence electrons. The summed E-state index contributed by atoms with van der Waals surface area (Å²) >= 11 is 0. The number of nitrogens with zero attached hydrogens (tertiary/aromatic N) is 8. The van der Waals surface area contributed by atoms with E-state index >= 15 is 0 Å². The molecule has 2 saturated carbocycles. The first-order valence-corrected chi connectivity index (χ1v) is 13.3. The molecule has 2 aliphatic rings. The van der Waals surface area contributed by atoms with Crippen LogP contribution in [-0.4, -0.2) is 49.0 Å². The van der Waals surface area contributed by atoms with Crippen molar-refractivity contribution in [1.29, 1.82) is 0 Å². The van der Waals surface area contributed by atoms with E-state index < -0.39 is 0 Å². The van der Waals surface area contributed by atoms with E-state index in [0.29, 0.717) is 29.2 Å². The molecule has 4 aromatic rings. The van der Waals surface area contributed by atoms with Crippen molar-refractivity contribution in [3.05, 3.63) is 65.0 Å². The number of hydrogen-bond acceptors (Lipinski definition) is 7. The minimum atomic E-state index is 0.265. The zero-order valence-electron chi connectivity index (χ0n) is 22.7. The van der Waals surface area contributed by atoms with Gasteiger partial charge in [0.05, 0.1) is 40.0 Å². The Morgan fingerprint density at radius 2 is 1.67 bits per heavy atom. The number of rotatable bonds is 6. The van der Waals surface area contributed by atoms with Gasteiger partial charge in [0, 0.05) is 36.3 Å². The maximum absolute atomic E-state index is 6.58. The summed E-state index contributed by atoms with van der Waals surface area (Å²) in [6.45, 7) is 5.77. The first-order valence-electron chi connectivity index (χ1n) is 13.3. The Hall–Kier alpha value is -4.47. The van der Waals surface area contributed by atoms with Gasteiger partial charge in [-0.15, -0.1) is 0 Å². The molecule has 4 heterocycles. The summed E-state index contributed by atoms with van der Waals surface area (Å²) in [5.74, 6) is 2.55. The Labute approximate surface area is 227 Å².